The van der Waals surface area contributed by atoms with Gasteiger partial charge in [-0.1, -0.05) is 13.8 Å². The van der Waals surface area contributed by atoms with Crippen molar-refractivity contribution < 1.29 is 9.53 Å². The van der Waals surface area contributed by atoms with E-state index >= 15 is 0 Å². The summed E-state index contributed by atoms with van der Waals surface area (Å²) in [5.41, 5.74) is 5.39. The topological polar surface area (TPSA) is 64.3 Å². The van der Waals surface area contributed by atoms with Gasteiger partial charge in [-0.05, 0) is 19.8 Å². The van der Waals surface area contributed by atoms with E-state index in [4.69, 9.17) is 10.5 Å². The first-order valence-corrected chi connectivity index (χ1v) is 6.11. The molecule has 92 valence electrons. The largest absolute Gasteiger partial charge is 0.377 e. The molecule has 1 heterocycles. The lowest BCUT2D eigenvalue weighted by Crippen LogP contribution is -2.71. The van der Waals surface area contributed by atoms with Gasteiger partial charge in [0.1, 0.15) is 0 Å². The molecule has 1 saturated heterocycles. The fourth-order valence-electron chi connectivity index (χ4n) is 3.21. The highest BCUT2D eigenvalue weighted by molar-refractivity contribution is 5.79. The monoisotopic (exact) mass is 226 g/mol. The zero-order chi connectivity index (χ0) is 11.9. The molecule has 2 fully saturated rings. The number of rotatable bonds is 3. The molecule has 2 aliphatic rings. The van der Waals surface area contributed by atoms with E-state index in [1.54, 1.807) is 0 Å². The molecule has 3 N–H and O–H groups in total. The van der Waals surface area contributed by atoms with Gasteiger partial charge in [-0.3, -0.25) is 4.79 Å². The molecular weight excluding hydrogens is 204 g/mol. The summed E-state index contributed by atoms with van der Waals surface area (Å²) in [5, 5.41) is 3.35. The molecule has 1 saturated carbocycles. The van der Waals surface area contributed by atoms with Crippen LogP contribution in [0.2, 0.25) is 0 Å². The van der Waals surface area contributed by atoms with Crippen molar-refractivity contribution >= 4 is 5.91 Å². The molecule has 4 atom stereocenters. The lowest BCUT2D eigenvalue weighted by atomic mass is 9.55. The molecule has 2 rings (SSSR count). The molecule has 1 amide bonds. The zero-order valence-corrected chi connectivity index (χ0v) is 10.3. The number of primary amides is 1. The number of hydrogen-bond donors (Lipinski definition) is 2. The predicted molar refractivity (Wildman–Crippen MR) is 61.8 cm³/mol. The Morgan fingerprint density at radius 3 is 2.88 bits per heavy atom. The minimum absolute atomic E-state index is 0.106. The number of nitrogens with two attached hydrogens (primary N) is 1. The molecule has 1 aliphatic carbocycles. The van der Waals surface area contributed by atoms with Gasteiger partial charge < -0.3 is 15.8 Å². The van der Waals surface area contributed by atoms with Crippen LogP contribution in [0, 0.1) is 11.3 Å². The lowest BCUT2D eigenvalue weighted by molar-refractivity contribution is -0.194. The third-order valence-electron chi connectivity index (χ3n) is 4.19. The Morgan fingerprint density at radius 2 is 2.25 bits per heavy atom. The molecule has 0 aromatic heterocycles. The molecule has 0 aromatic rings. The highest BCUT2D eigenvalue weighted by Gasteiger charge is 2.58. The van der Waals surface area contributed by atoms with Crippen LogP contribution in [-0.2, 0) is 9.53 Å². The maximum absolute atomic E-state index is 11.1. The predicted octanol–water partition coefficient (Wildman–Crippen LogP) is 0.653. The van der Waals surface area contributed by atoms with Crippen LogP contribution in [0.15, 0.2) is 0 Å². The number of fused-ring (bicyclic) bond motifs is 1. The van der Waals surface area contributed by atoms with Gasteiger partial charge in [0, 0.05) is 24.0 Å². The summed E-state index contributed by atoms with van der Waals surface area (Å²) in [6, 6.07) is 0.0902. The molecule has 0 aromatic carbocycles. The van der Waals surface area contributed by atoms with E-state index in [1.807, 2.05) is 6.92 Å². The summed E-state index contributed by atoms with van der Waals surface area (Å²) < 4.78 is 5.81. The Morgan fingerprint density at radius 1 is 1.56 bits per heavy atom. The molecule has 4 heteroatoms. The Kier molecular flexibility index (Phi) is 2.97. The maximum Gasteiger partial charge on any atom is 0.234 e. The van der Waals surface area contributed by atoms with Crippen LogP contribution in [0.1, 0.15) is 33.6 Å². The fraction of sp³-hybridized carbons (Fsp3) is 0.917. The first-order chi connectivity index (χ1) is 7.44. The molecule has 0 radical (unpaired) electrons. The molecular formula is C12H22N2O2. The van der Waals surface area contributed by atoms with Gasteiger partial charge in [0.15, 0.2) is 0 Å². The third kappa shape index (κ3) is 1.74. The SMILES string of the molecule is CC(NC1C2CCCOC2C1(C)C)C(N)=O. The lowest BCUT2D eigenvalue weighted by Gasteiger charge is -2.60. The van der Waals surface area contributed by atoms with Crippen molar-refractivity contribution in [2.24, 2.45) is 17.1 Å². The number of hydrogen-bond acceptors (Lipinski definition) is 3. The van der Waals surface area contributed by atoms with E-state index in [0.717, 1.165) is 13.0 Å². The second-order valence-electron chi connectivity index (χ2n) is 5.69. The Balaban J connectivity index is 2.01. The summed E-state index contributed by atoms with van der Waals surface area (Å²) in [4.78, 5) is 11.1. The van der Waals surface area contributed by atoms with Gasteiger partial charge in [0.2, 0.25) is 5.91 Å². The van der Waals surface area contributed by atoms with Crippen molar-refractivity contribution in [3.8, 4) is 0 Å². The molecule has 16 heavy (non-hydrogen) atoms. The summed E-state index contributed by atoms with van der Waals surface area (Å²) in [6.07, 6.45) is 2.66. The normalized spacial score (nSPS) is 38.3. The van der Waals surface area contributed by atoms with Crippen molar-refractivity contribution in [2.45, 2.75) is 51.8 Å². The van der Waals surface area contributed by atoms with Gasteiger partial charge in [0.25, 0.3) is 0 Å². The van der Waals surface area contributed by atoms with Crippen LogP contribution in [-0.4, -0.2) is 30.7 Å². The van der Waals surface area contributed by atoms with Crippen LogP contribution in [0.3, 0.4) is 0 Å². The van der Waals surface area contributed by atoms with Crippen LogP contribution >= 0.6 is 0 Å². The van der Waals surface area contributed by atoms with Crippen LogP contribution < -0.4 is 11.1 Å². The molecule has 4 unspecified atom stereocenters. The average Bonchev–Trinajstić information content (AvgIpc) is 2.25. The molecule has 1 aliphatic heterocycles. The van der Waals surface area contributed by atoms with Gasteiger partial charge >= 0.3 is 0 Å². The molecule has 0 bridgehead atoms. The van der Waals surface area contributed by atoms with Crippen molar-refractivity contribution in [3.05, 3.63) is 0 Å². The number of ether oxygens (including phenoxy) is 1. The van der Waals surface area contributed by atoms with Gasteiger partial charge in [0.05, 0.1) is 12.1 Å². The number of amides is 1. The highest BCUT2D eigenvalue weighted by Crippen LogP contribution is 2.51. The van der Waals surface area contributed by atoms with Crippen LogP contribution in [0.5, 0.6) is 0 Å². The van der Waals surface area contributed by atoms with Crippen LogP contribution in [0.25, 0.3) is 0 Å². The van der Waals surface area contributed by atoms with Crippen LogP contribution in [0.4, 0.5) is 0 Å². The van der Waals surface area contributed by atoms with E-state index < -0.39 is 0 Å². The highest BCUT2D eigenvalue weighted by atomic mass is 16.5. The van der Waals surface area contributed by atoms with E-state index in [1.165, 1.54) is 6.42 Å². The average molecular weight is 226 g/mol. The number of carbonyl (C=O) groups is 1. The van der Waals surface area contributed by atoms with Gasteiger partial charge in [-0.15, -0.1) is 0 Å². The first kappa shape index (κ1) is 11.9. The van der Waals surface area contributed by atoms with Gasteiger partial charge in [-0.25, -0.2) is 0 Å². The second kappa shape index (κ2) is 4.00. The summed E-state index contributed by atoms with van der Waals surface area (Å²) in [5.74, 6) is 0.265. The minimum Gasteiger partial charge on any atom is -0.377 e. The maximum atomic E-state index is 11.1. The van der Waals surface area contributed by atoms with E-state index in [2.05, 4.69) is 19.2 Å². The van der Waals surface area contributed by atoms with Crippen molar-refractivity contribution in [1.29, 1.82) is 0 Å². The second-order valence-corrected chi connectivity index (χ2v) is 5.69. The van der Waals surface area contributed by atoms with Crippen molar-refractivity contribution in [1.82, 2.24) is 5.32 Å². The molecule has 4 nitrogen and oxygen atoms in total. The standard InChI is InChI=1S/C12H22N2O2/c1-7(11(13)15)14-9-8-5-4-6-16-10(8)12(9,2)3/h7-10,14H,4-6H2,1-3H3,(H2,13,15). The summed E-state index contributed by atoms with van der Waals surface area (Å²) in [6.45, 7) is 7.11. The quantitative estimate of drug-likeness (QED) is 0.743. The molecule has 0 spiro atoms. The fourth-order valence-corrected chi connectivity index (χ4v) is 3.21. The Bertz CT molecular complexity index is 291. The third-order valence-corrected chi connectivity index (χ3v) is 4.19. The summed E-state index contributed by atoms with van der Waals surface area (Å²) >= 11 is 0. The first-order valence-electron chi connectivity index (χ1n) is 6.11. The summed E-state index contributed by atoms with van der Waals surface area (Å²) in [7, 11) is 0. The smallest absolute Gasteiger partial charge is 0.234 e. The Labute approximate surface area is 96.9 Å². The van der Waals surface area contributed by atoms with Gasteiger partial charge in [-0.2, -0.15) is 0 Å². The van der Waals surface area contributed by atoms with Crippen molar-refractivity contribution in [3.63, 3.8) is 0 Å². The number of nitrogens with one attached hydrogen (secondary N) is 1. The minimum atomic E-state index is -0.282. The zero-order valence-electron chi connectivity index (χ0n) is 10.3. The Hall–Kier alpha value is -0.610. The van der Waals surface area contributed by atoms with E-state index in [9.17, 15) is 4.79 Å². The van der Waals surface area contributed by atoms with E-state index in [0.29, 0.717) is 18.1 Å². The number of carbonyl (C=O) groups excluding carboxylic acids is 1. The van der Waals surface area contributed by atoms with E-state index in [-0.39, 0.29) is 17.4 Å². The van der Waals surface area contributed by atoms with Crippen molar-refractivity contribution in [2.75, 3.05) is 6.61 Å².